The van der Waals surface area contributed by atoms with Crippen molar-refractivity contribution in [2.75, 3.05) is 0 Å². The number of rotatable bonds is 2. The van der Waals surface area contributed by atoms with Gasteiger partial charge in [-0.15, -0.1) is 0 Å². The fourth-order valence-corrected chi connectivity index (χ4v) is 5.75. The minimum atomic E-state index is -5.34. The van der Waals surface area contributed by atoms with Crippen LogP contribution in [-0.4, -0.2) is 0 Å². The van der Waals surface area contributed by atoms with Crippen LogP contribution in [-0.2, 0) is 12.4 Å². The van der Waals surface area contributed by atoms with Gasteiger partial charge in [-0.1, -0.05) is 12.1 Å². The molecule has 3 aromatic rings. The summed E-state index contributed by atoms with van der Waals surface area (Å²) in [7, 11) is 0. The summed E-state index contributed by atoms with van der Waals surface area (Å²) in [5.41, 5.74) is -17.6. The Morgan fingerprint density at radius 2 is 0.800 bits per heavy atom. The third-order valence-electron chi connectivity index (χ3n) is 7.67. The first-order valence-electron chi connectivity index (χ1n) is 13.2. The summed E-state index contributed by atoms with van der Waals surface area (Å²) in [6.45, 7) is 0. The van der Waals surface area contributed by atoms with E-state index in [1.165, 1.54) is 36.4 Å². The molecule has 6 nitrogen and oxygen atoms in total. The highest BCUT2D eigenvalue weighted by molar-refractivity contribution is 6.30. The van der Waals surface area contributed by atoms with Crippen LogP contribution in [0.15, 0.2) is 47.5 Å². The van der Waals surface area contributed by atoms with Crippen LogP contribution in [0, 0.1) is 91.3 Å². The maximum absolute atomic E-state index is 17.0. The van der Waals surface area contributed by atoms with Gasteiger partial charge in [0.05, 0.1) is 22.3 Å². The van der Waals surface area contributed by atoms with Gasteiger partial charge in [0.25, 0.3) is 0 Å². The van der Waals surface area contributed by atoms with E-state index in [4.69, 9.17) is 0 Å². The van der Waals surface area contributed by atoms with Crippen LogP contribution >= 0.6 is 0 Å². The molecule has 0 fully saturated rings. The minimum absolute atomic E-state index is 0.157. The molecule has 16 heteroatoms. The van der Waals surface area contributed by atoms with Crippen molar-refractivity contribution >= 4 is 33.4 Å². The second-order valence-corrected chi connectivity index (χ2v) is 10.2. The zero-order valence-electron chi connectivity index (χ0n) is 23.9. The van der Waals surface area contributed by atoms with Gasteiger partial charge in [0.1, 0.15) is 70.8 Å². The standard InChI is InChI=1S/C34H6F10N6/c35-21-3-1-13(5-19(21)33(39,40)41)23-17(11-49)27-29(25(23)15(7-45)8-46)32(38)28-18(12-50)24(26(16(9-47)10-48)30(28)31(27)37)14-2-4-22(36)20(6-14)34(42,43)44/h1-6H. The van der Waals surface area contributed by atoms with Crippen LogP contribution in [0.2, 0.25) is 0 Å². The molecule has 0 aliphatic heterocycles. The fraction of sp³-hybridized carbons (Fsp3) is 0.0588. The van der Waals surface area contributed by atoms with Gasteiger partial charge in [-0.3, -0.25) is 0 Å². The summed E-state index contributed by atoms with van der Waals surface area (Å²) in [4.78, 5) is 0. The number of alkyl halides is 6. The van der Waals surface area contributed by atoms with Gasteiger partial charge in [-0.05, 0) is 35.4 Å². The number of allylic oxidation sites excluding steroid dienone is 8. The van der Waals surface area contributed by atoms with Crippen molar-refractivity contribution in [1.29, 1.82) is 31.6 Å². The molecule has 0 saturated carbocycles. The second kappa shape index (κ2) is 11.8. The molecule has 0 saturated heterocycles. The summed E-state index contributed by atoms with van der Waals surface area (Å²) in [5, 5.41) is 59.3. The Morgan fingerprint density at radius 1 is 0.480 bits per heavy atom. The highest BCUT2D eigenvalue weighted by Gasteiger charge is 2.45. The van der Waals surface area contributed by atoms with E-state index in [1.54, 1.807) is 0 Å². The number of halogens is 10. The number of nitriles is 6. The molecule has 2 aliphatic carbocycles. The summed E-state index contributed by atoms with van der Waals surface area (Å²) < 4.78 is 144. The molecular weight excluding hydrogens is 682 g/mol. The van der Waals surface area contributed by atoms with E-state index in [0.717, 1.165) is 0 Å². The topological polar surface area (TPSA) is 143 Å². The molecule has 0 amide bonds. The normalized spacial score (nSPS) is 13.4. The summed E-state index contributed by atoms with van der Waals surface area (Å²) in [6, 6.07) is 10.6. The molecule has 0 aromatic heterocycles. The maximum atomic E-state index is 17.0. The highest BCUT2D eigenvalue weighted by Crippen LogP contribution is 2.57. The van der Waals surface area contributed by atoms with E-state index in [2.05, 4.69) is 0 Å². The number of nitrogens with zero attached hydrogens (tertiary/aromatic N) is 6. The Hall–Kier alpha value is -7.14. The molecule has 0 heterocycles. The third kappa shape index (κ3) is 4.92. The van der Waals surface area contributed by atoms with E-state index in [9.17, 15) is 66.7 Å². The molecule has 242 valence electrons. The molecule has 0 unspecified atom stereocenters. The van der Waals surface area contributed by atoms with Crippen LogP contribution in [0.3, 0.4) is 0 Å². The van der Waals surface area contributed by atoms with Gasteiger partial charge >= 0.3 is 12.4 Å². The summed E-state index contributed by atoms with van der Waals surface area (Å²) in [6.07, 6.45) is -10.7. The molecular formula is C34H6F10N6. The number of fused-ring (bicyclic) bond motifs is 2. The van der Waals surface area contributed by atoms with Gasteiger partial charge in [-0.25, -0.2) is 17.6 Å². The lowest BCUT2D eigenvalue weighted by atomic mass is 9.88. The third-order valence-corrected chi connectivity index (χ3v) is 7.67. The van der Waals surface area contributed by atoms with Crippen LogP contribution in [0.5, 0.6) is 0 Å². The Labute approximate surface area is 273 Å². The number of benzene rings is 3. The lowest BCUT2D eigenvalue weighted by Gasteiger charge is -2.15. The Morgan fingerprint density at radius 3 is 1.06 bits per heavy atom. The van der Waals surface area contributed by atoms with Gasteiger partial charge in [0.15, 0.2) is 0 Å². The molecule has 0 bridgehead atoms. The van der Waals surface area contributed by atoms with Crippen molar-refractivity contribution in [2.45, 2.75) is 12.4 Å². The number of hydrogen-bond donors (Lipinski definition) is 0. The molecule has 50 heavy (non-hydrogen) atoms. The van der Waals surface area contributed by atoms with E-state index in [0.29, 0.717) is 24.3 Å². The van der Waals surface area contributed by atoms with Gasteiger partial charge < -0.3 is 0 Å². The average Bonchev–Trinajstić information content (AvgIpc) is 3.59. The number of hydrogen-bond acceptors (Lipinski definition) is 6. The van der Waals surface area contributed by atoms with E-state index >= 15 is 8.78 Å². The van der Waals surface area contributed by atoms with Gasteiger partial charge in [0, 0.05) is 44.5 Å². The van der Waals surface area contributed by atoms with E-state index in [-0.39, 0.29) is 12.1 Å². The molecule has 0 spiro atoms. The predicted molar refractivity (Wildman–Crippen MR) is 150 cm³/mol. The molecule has 2 aliphatic rings. The van der Waals surface area contributed by atoms with Gasteiger partial charge in [0.2, 0.25) is 0 Å². The van der Waals surface area contributed by atoms with Crippen molar-refractivity contribution in [3.05, 3.63) is 115 Å². The Balaban J connectivity index is 2.01. The largest absolute Gasteiger partial charge is 0.419 e. The van der Waals surface area contributed by atoms with Crippen molar-refractivity contribution in [3.8, 4) is 36.4 Å². The van der Waals surface area contributed by atoms with E-state index in [1.807, 2.05) is 0 Å². The predicted octanol–water partition coefficient (Wildman–Crippen LogP) is 8.78. The highest BCUT2D eigenvalue weighted by atomic mass is 19.4. The lowest BCUT2D eigenvalue weighted by Crippen LogP contribution is -2.09. The molecule has 5 rings (SSSR count). The van der Waals surface area contributed by atoms with Gasteiger partial charge in [-0.2, -0.15) is 57.9 Å². The monoisotopic (exact) mass is 688 g/mol. The Kier molecular flexibility index (Phi) is 8.09. The van der Waals surface area contributed by atoms with Crippen molar-refractivity contribution in [1.82, 2.24) is 0 Å². The quantitative estimate of drug-likeness (QED) is 0.195. The van der Waals surface area contributed by atoms with Crippen molar-refractivity contribution < 1.29 is 43.9 Å². The van der Waals surface area contributed by atoms with Crippen molar-refractivity contribution in [3.63, 3.8) is 0 Å². The summed E-state index contributed by atoms with van der Waals surface area (Å²) >= 11 is 0. The van der Waals surface area contributed by atoms with Crippen LogP contribution in [0.1, 0.15) is 44.5 Å². The molecule has 3 aromatic carbocycles. The van der Waals surface area contributed by atoms with Crippen LogP contribution < -0.4 is 0 Å². The maximum Gasteiger partial charge on any atom is 0.419 e. The summed E-state index contributed by atoms with van der Waals surface area (Å²) in [5.74, 6) is -7.07. The minimum Gasteiger partial charge on any atom is -0.206 e. The average molecular weight is 688 g/mol. The molecule has 0 N–H and O–H groups in total. The molecule has 0 radical (unpaired) electrons. The SMILES string of the molecule is N#CC(C#N)=C1C(c2ccc(F)c(C(F)(F)F)c2)=C(C#N)c2c(F)c3c(c(F)c21)C(C#N)=C(c1ccc(F)c(C(F)(F)F)c1)C3=C(C#N)C#N. The van der Waals surface area contributed by atoms with E-state index < -0.39 is 125 Å². The fourth-order valence-electron chi connectivity index (χ4n) is 5.75. The first kappa shape index (κ1) is 34.2. The lowest BCUT2D eigenvalue weighted by molar-refractivity contribution is -0.140. The first-order chi connectivity index (χ1) is 23.5. The van der Waals surface area contributed by atoms with Crippen LogP contribution in [0.4, 0.5) is 43.9 Å². The van der Waals surface area contributed by atoms with Crippen LogP contribution in [0.25, 0.3) is 33.4 Å². The molecule has 0 atom stereocenters. The Bertz CT molecular complexity index is 2300. The zero-order valence-corrected chi connectivity index (χ0v) is 23.9. The zero-order chi connectivity index (χ0) is 37.0. The second-order valence-electron chi connectivity index (χ2n) is 10.2. The smallest absolute Gasteiger partial charge is 0.206 e. The van der Waals surface area contributed by atoms with Crippen molar-refractivity contribution in [2.24, 2.45) is 0 Å². The first-order valence-corrected chi connectivity index (χ1v) is 13.2.